The van der Waals surface area contributed by atoms with Crippen molar-refractivity contribution in [2.24, 2.45) is 4.99 Å². The third-order valence-electron chi connectivity index (χ3n) is 4.73. The topological polar surface area (TPSA) is 77.2 Å². The second-order valence-electron chi connectivity index (χ2n) is 6.71. The zero-order valence-corrected chi connectivity index (χ0v) is 16.9. The van der Waals surface area contributed by atoms with E-state index in [-0.39, 0.29) is 16.6 Å². The summed E-state index contributed by atoms with van der Waals surface area (Å²) in [5.41, 5.74) is -0.582. The second kappa shape index (κ2) is 7.21. The third-order valence-corrected chi connectivity index (χ3v) is 7.08. The Labute approximate surface area is 175 Å². The van der Waals surface area contributed by atoms with Crippen molar-refractivity contribution < 1.29 is 21.6 Å². The normalized spacial score (nSPS) is 19.3. The fourth-order valence-corrected chi connectivity index (χ4v) is 5.40. The maximum atomic E-state index is 13.4. The van der Waals surface area contributed by atoms with Gasteiger partial charge in [0, 0.05) is 23.0 Å². The molecule has 1 aromatic carbocycles. The van der Waals surface area contributed by atoms with Crippen LogP contribution >= 0.6 is 11.6 Å². The van der Waals surface area contributed by atoms with Crippen LogP contribution in [0.25, 0.3) is 0 Å². The lowest BCUT2D eigenvalue weighted by Crippen LogP contribution is -2.41. The van der Waals surface area contributed by atoms with Crippen LogP contribution in [0.5, 0.6) is 0 Å². The maximum Gasteiger partial charge on any atom is 0.435 e. The molecule has 3 heterocycles. The highest BCUT2D eigenvalue weighted by atomic mass is 35.5. The Morgan fingerprint density at radius 1 is 1.10 bits per heavy atom. The number of aromatic nitrogens is 3. The lowest BCUT2D eigenvalue weighted by molar-refractivity contribution is -0.141. The fourth-order valence-electron chi connectivity index (χ4n) is 3.43. The van der Waals surface area contributed by atoms with E-state index >= 15 is 0 Å². The molecule has 1 aliphatic rings. The van der Waals surface area contributed by atoms with Gasteiger partial charge in [-0.15, -0.1) is 0 Å². The molecule has 4 rings (SSSR count). The van der Waals surface area contributed by atoms with E-state index in [1.54, 1.807) is 18.2 Å². The monoisotopic (exact) mass is 454 g/mol. The molecule has 0 spiro atoms. The number of nitrogens with zero attached hydrogens (tertiary/aromatic N) is 4. The summed E-state index contributed by atoms with van der Waals surface area (Å²) < 4.78 is 67.7. The standard InChI is InChI=1S/C19H14ClF3N4O2S/c1-11-18(30(28,29)16-4-2-3-9-24-16)17(12-5-7-13(20)8-6-12)27-15(25-11)10-14(26-27)19(21,22)23/h2-10,17-18H,1H3. The van der Waals surface area contributed by atoms with Crippen LogP contribution < -0.4 is 0 Å². The van der Waals surface area contributed by atoms with Crippen molar-refractivity contribution in [3.63, 3.8) is 0 Å². The molecule has 0 saturated heterocycles. The van der Waals surface area contributed by atoms with Gasteiger partial charge in [0.05, 0.1) is 0 Å². The number of hydrogen-bond acceptors (Lipinski definition) is 5. The van der Waals surface area contributed by atoms with Crippen molar-refractivity contribution in [2.75, 3.05) is 0 Å². The highest BCUT2D eigenvalue weighted by Gasteiger charge is 2.45. The summed E-state index contributed by atoms with van der Waals surface area (Å²) in [6.45, 7) is 1.47. The van der Waals surface area contributed by atoms with Gasteiger partial charge in [-0.3, -0.25) is 0 Å². The van der Waals surface area contributed by atoms with Crippen LogP contribution in [-0.4, -0.2) is 34.1 Å². The Hall–Kier alpha value is -2.72. The van der Waals surface area contributed by atoms with Crippen LogP contribution in [0.3, 0.4) is 0 Å². The quantitative estimate of drug-likeness (QED) is 0.584. The van der Waals surface area contributed by atoms with E-state index in [1.807, 2.05) is 0 Å². The zero-order chi connectivity index (χ0) is 21.7. The second-order valence-corrected chi connectivity index (χ2v) is 9.17. The number of pyridine rings is 1. The Kier molecular flexibility index (Phi) is 4.94. The van der Waals surface area contributed by atoms with Crippen LogP contribution in [0.2, 0.25) is 5.02 Å². The third kappa shape index (κ3) is 3.50. The van der Waals surface area contributed by atoms with Gasteiger partial charge in [0.1, 0.15) is 11.3 Å². The van der Waals surface area contributed by atoms with Crippen molar-refractivity contribution in [1.29, 1.82) is 0 Å². The molecule has 0 fully saturated rings. The first-order valence-corrected chi connectivity index (χ1v) is 10.6. The van der Waals surface area contributed by atoms with E-state index in [2.05, 4.69) is 15.1 Å². The molecular weight excluding hydrogens is 441 g/mol. The van der Waals surface area contributed by atoms with Crippen LogP contribution in [0.1, 0.15) is 24.2 Å². The summed E-state index contributed by atoms with van der Waals surface area (Å²) in [6, 6.07) is 10.3. The predicted molar refractivity (Wildman–Crippen MR) is 105 cm³/mol. The maximum absolute atomic E-state index is 13.4. The minimum atomic E-state index is -4.70. The predicted octanol–water partition coefficient (Wildman–Crippen LogP) is 4.49. The van der Waals surface area contributed by atoms with Gasteiger partial charge in [-0.1, -0.05) is 29.8 Å². The van der Waals surface area contributed by atoms with E-state index in [1.165, 1.54) is 37.4 Å². The molecule has 11 heteroatoms. The summed E-state index contributed by atoms with van der Waals surface area (Å²) in [4.78, 5) is 8.06. The Morgan fingerprint density at radius 2 is 1.80 bits per heavy atom. The van der Waals surface area contributed by atoms with Gasteiger partial charge in [0.25, 0.3) is 0 Å². The number of benzene rings is 1. The van der Waals surface area contributed by atoms with Gasteiger partial charge in [0.15, 0.2) is 16.5 Å². The van der Waals surface area contributed by atoms with Crippen molar-refractivity contribution in [1.82, 2.24) is 14.8 Å². The van der Waals surface area contributed by atoms with Crippen molar-refractivity contribution in [2.45, 2.75) is 29.4 Å². The molecule has 0 saturated carbocycles. The molecule has 6 nitrogen and oxygen atoms in total. The first-order valence-electron chi connectivity index (χ1n) is 8.71. The molecule has 0 amide bonds. The summed E-state index contributed by atoms with van der Waals surface area (Å²) in [6.07, 6.45) is -3.37. The van der Waals surface area contributed by atoms with Crippen molar-refractivity contribution in [3.05, 3.63) is 71.0 Å². The molecule has 30 heavy (non-hydrogen) atoms. The van der Waals surface area contributed by atoms with E-state index in [9.17, 15) is 21.6 Å². The van der Waals surface area contributed by atoms with Crippen molar-refractivity contribution >= 4 is 33.0 Å². The molecule has 0 bridgehead atoms. The van der Waals surface area contributed by atoms with Crippen LogP contribution in [-0.2, 0) is 16.0 Å². The number of rotatable bonds is 3. The highest BCUT2D eigenvalue weighted by Crippen LogP contribution is 2.40. The molecule has 2 atom stereocenters. The first-order chi connectivity index (χ1) is 14.1. The van der Waals surface area contributed by atoms with E-state index in [0.717, 1.165) is 10.7 Å². The molecule has 0 radical (unpaired) electrons. The Bertz CT molecular complexity index is 1220. The lowest BCUT2D eigenvalue weighted by atomic mass is 10.00. The van der Waals surface area contributed by atoms with Gasteiger partial charge in [-0.2, -0.15) is 18.3 Å². The highest BCUT2D eigenvalue weighted by molar-refractivity contribution is 7.92. The number of sulfone groups is 1. The average Bonchev–Trinajstić information content (AvgIpc) is 3.12. The Balaban J connectivity index is 1.95. The number of fused-ring (bicyclic) bond motifs is 1. The largest absolute Gasteiger partial charge is 0.435 e. The van der Waals surface area contributed by atoms with Crippen molar-refractivity contribution in [3.8, 4) is 0 Å². The van der Waals surface area contributed by atoms with Gasteiger partial charge in [-0.25, -0.2) is 23.1 Å². The van der Waals surface area contributed by atoms with Crippen LogP contribution in [0, 0.1) is 0 Å². The SMILES string of the molecule is CC1=Nc2cc(C(F)(F)F)nn2C(c2ccc(Cl)cc2)C1S(=O)(=O)c1ccccn1. The first kappa shape index (κ1) is 20.5. The molecule has 2 aromatic heterocycles. The van der Waals surface area contributed by atoms with Crippen LogP contribution in [0.15, 0.2) is 64.7 Å². The Morgan fingerprint density at radius 3 is 2.40 bits per heavy atom. The average molecular weight is 455 g/mol. The summed E-state index contributed by atoms with van der Waals surface area (Å²) in [5, 5.41) is 2.56. The minimum absolute atomic E-state index is 0.0766. The zero-order valence-electron chi connectivity index (χ0n) is 15.4. The molecule has 0 aliphatic carbocycles. The van der Waals surface area contributed by atoms with Gasteiger partial charge < -0.3 is 0 Å². The number of halogens is 4. The smallest absolute Gasteiger partial charge is 0.245 e. The van der Waals surface area contributed by atoms with E-state index in [0.29, 0.717) is 10.6 Å². The van der Waals surface area contributed by atoms with Gasteiger partial charge in [-0.05, 0) is 36.8 Å². The molecular formula is C19H14ClF3N4O2S. The van der Waals surface area contributed by atoms with E-state index < -0.39 is 33.0 Å². The van der Waals surface area contributed by atoms with Gasteiger partial charge >= 0.3 is 6.18 Å². The molecule has 1 aliphatic heterocycles. The fraction of sp³-hybridized carbons (Fsp3) is 0.211. The molecule has 3 aromatic rings. The molecule has 156 valence electrons. The summed E-state index contributed by atoms with van der Waals surface area (Å²) in [7, 11) is -4.10. The summed E-state index contributed by atoms with van der Waals surface area (Å²) in [5.74, 6) is -0.0766. The van der Waals surface area contributed by atoms with Crippen LogP contribution in [0.4, 0.5) is 19.0 Å². The number of hydrogen-bond donors (Lipinski definition) is 0. The van der Waals surface area contributed by atoms with Gasteiger partial charge in [0.2, 0.25) is 9.84 Å². The van der Waals surface area contributed by atoms with E-state index in [4.69, 9.17) is 11.6 Å². The molecule has 0 N–H and O–H groups in total. The number of aliphatic imine (C=N–C) groups is 1. The molecule has 2 unspecified atom stereocenters. The minimum Gasteiger partial charge on any atom is -0.245 e. The lowest BCUT2D eigenvalue weighted by Gasteiger charge is -2.31. The number of alkyl halides is 3. The summed E-state index contributed by atoms with van der Waals surface area (Å²) >= 11 is 5.94.